The van der Waals surface area contributed by atoms with Gasteiger partial charge in [-0.2, -0.15) is 0 Å². The van der Waals surface area contributed by atoms with Crippen LogP contribution in [0.1, 0.15) is 11.1 Å². The second kappa shape index (κ2) is 9.11. The van der Waals surface area contributed by atoms with Crippen LogP contribution in [0.5, 0.6) is 0 Å². The van der Waals surface area contributed by atoms with Gasteiger partial charge in [-0.1, -0.05) is 59.6 Å². The van der Waals surface area contributed by atoms with E-state index in [0.717, 1.165) is 15.4 Å². The minimum Gasteiger partial charge on any atom is -0.350 e. The second-order valence-corrected chi connectivity index (χ2v) is 8.87. The third kappa shape index (κ3) is 5.37. The molecule has 0 atom stereocenters. The number of para-hydroxylation sites is 1. The molecular formula is C22H21ClN2O3S. The smallest absolute Gasteiger partial charge is 0.264 e. The predicted molar refractivity (Wildman–Crippen MR) is 115 cm³/mol. The van der Waals surface area contributed by atoms with E-state index >= 15 is 0 Å². The van der Waals surface area contributed by atoms with E-state index in [1.165, 1.54) is 0 Å². The number of sulfonamides is 1. The number of hydrogen-bond donors (Lipinski definition) is 1. The Labute approximate surface area is 176 Å². The van der Waals surface area contributed by atoms with E-state index in [4.69, 9.17) is 11.6 Å². The number of anilines is 1. The lowest BCUT2D eigenvalue weighted by Crippen LogP contribution is -2.40. The van der Waals surface area contributed by atoms with Gasteiger partial charge in [0.05, 0.1) is 10.6 Å². The molecule has 7 heteroatoms. The van der Waals surface area contributed by atoms with Gasteiger partial charge < -0.3 is 5.32 Å². The number of rotatable bonds is 7. The number of halogens is 1. The number of nitrogens with zero attached hydrogens (tertiary/aromatic N) is 1. The Bertz CT molecular complexity index is 1080. The first kappa shape index (κ1) is 20.9. The van der Waals surface area contributed by atoms with E-state index in [1.54, 1.807) is 72.8 Å². The van der Waals surface area contributed by atoms with Crippen molar-refractivity contribution in [3.8, 4) is 0 Å². The summed E-state index contributed by atoms with van der Waals surface area (Å²) >= 11 is 5.96. The summed E-state index contributed by atoms with van der Waals surface area (Å²) in [6, 6.07) is 22.3. The van der Waals surface area contributed by atoms with E-state index in [9.17, 15) is 13.2 Å². The molecule has 0 aromatic heterocycles. The van der Waals surface area contributed by atoms with E-state index in [1.807, 2.05) is 13.0 Å². The molecule has 0 bridgehead atoms. The molecule has 150 valence electrons. The van der Waals surface area contributed by atoms with Crippen molar-refractivity contribution >= 4 is 33.2 Å². The molecule has 0 fully saturated rings. The van der Waals surface area contributed by atoms with Crippen molar-refractivity contribution in [2.45, 2.75) is 18.4 Å². The summed E-state index contributed by atoms with van der Waals surface area (Å²) in [7, 11) is -3.90. The monoisotopic (exact) mass is 428 g/mol. The molecule has 0 aliphatic rings. The number of carbonyl (C=O) groups is 1. The van der Waals surface area contributed by atoms with Gasteiger partial charge in [-0.15, -0.1) is 0 Å². The highest BCUT2D eigenvalue weighted by atomic mass is 35.5. The molecule has 3 aromatic rings. The number of amides is 1. The molecule has 1 N–H and O–H groups in total. The highest BCUT2D eigenvalue weighted by Crippen LogP contribution is 2.23. The molecule has 1 amide bonds. The maximum absolute atomic E-state index is 13.2. The van der Waals surface area contributed by atoms with Crippen molar-refractivity contribution in [2.75, 3.05) is 10.8 Å². The summed E-state index contributed by atoms with van der Waals surface area (Å²) in [6.45, 7) is 1.81. The first-order valence-electron chi connectivity index (χ1n) is 9.02. The van der Waals surface area contributed by atoms with Crippen LogP contribution in [-0.2, 0) is 21.4 Å². The Balaban J connectivity index is 1.82. The number of benzene rings is 3. The molecule has 0 aliphatic heterocycles. The fourth-order valence-electron chi connectivity index (χ4n) is 2.78. The van der Waals surface area contributed by atoms with Crippen LogP contribution in [0.4, 0.5) is 5.69 Å². The SMILES string of the molecule is Cc1ccc(S(=O)(=O)N(CC(=O)NCc2cccc(Cl)c2)c2ccccc2)cc1. The maximum atomic E-state index is 13.2. The topological polar surface area (TPSA) is 66.5 Å². The van der Waals surface area contributed by atoms with Crippen molar-refractivity contribution in [2.24, 2.45) is 0 Å². The molecule has 0 heterocycles. The molecule has 0 spiro atoms. The van der Waals surface area contributed by atoms with Gasteiger partial charge in [0, 0.05) is 11.6 Å². The van der Waals surface area contributed by atoms with Crippen LogP contribution in [0.3, 0.4) is 0 Å². The highest BCUT2D eigenvalue weighted by Gasteiger charge is 2.27. The summed E-state index contributed by atoms with van der Waals surface area (Å²) in [5.41, 5.74) is 2.21. The normalized spacial score (nSPS) is 11.1. The van der Waals surface area contributed by atoms with Gasteiger partial charge in [0.25, 0.3) is 10.0 Å². The van der Waals surface area contributed by atoms with Crippen LogP contribution >= 0.6 is 11.6 Å². The largest absolute Gasteiger partial charge is 0.350 e. The molecule has 0 saturated heterocycles. The van der Waals surface area contributed by atoms with Crippen molar-refractivity contribution in [1.29, 1.82) is 0 Å². The predicted octanol–water partition coefficient (Wildman–Crippen LogP) is 4.16. The minimum atomic E-state index is -3.90. The van der Waals surface area contributed by atoms with E-state index in [-0.39, 0.29) is 18.0 Å². The molecule has 0 unspecified atom stereocenters. The number of carbonyl (C=O) groups excluding carboxylic acids is 1. The standard InChI is InChI=1S/C22H21ClN2O3S/c1-17-10-12-21(13-11-17)29(27,28)25(20-8-3-2-4-9-20)16-22(26)24-15-18-6-5-7-19(23)14-18/h2-14H,15-16H2,1H3,(H,24,26). The lowest BCUT2D eigenvalue weighted by Gasteiger charge is -2.24. The van der Waals surface area contributed by atoms with Crippen molar-refractivity contribution in [3.05, 3.63) is 95.0 Å². The van der Waals surface area contributed by atoms with Crippen molar-refractivity contribution in [1.82, 2.24) is 5.32 Å². The quantitative estimate of drug-likeness (QED) is 0.614. The summed E-state index contributed by atoms with van der Waals surface area (Å²) < 4.78 is 27.6. The zero-order valence-electron chi connectivity index (χ0n) is 15.9. The lowest BCUT2D eigenvalue weighted by molar-refractivity contribution is -0.119. The fourth-order valence-corrected chi connectivity index (χ4v) is 4.41. The average molecular weight is 429 g/mol. The zero-order valence-corrected chi connectivity index (χ0v) is 17.5. The second-order valence-electron chi connectivity index (χ2n) is 6.57. The van der Waals surface area contributed by atoms with Gasteiger partial charge in [-0.25, -0.2) is 8.42 Å². The summed E-state index contributed by atoms with van der Waals surface area (Å²) in [4.78, 5) is 12.7. The van der Waals surface area contributed by atoms with Crippen molar-refractivity contribution in [3.63, 3.8) is 0 Å². The van der Waals surface area contributed by atoms with Gasteiger partial charge in [0.2, 0.25) is 5.91 Å². The van der Waals surface area contributed by atoms with Crippen molar-refractivity contribution < 1.29 is 13.2 Å². The van der Waals surface area contributed by atoms with Crippen LogP contribution in [0.2, 0.25) is 5.02 Å². The van der Waals surface area contributed by atoms with Gasteiger partial charge >= 0.3 is 0 Å². The molecule has 0 radical (unpaired) electrons. The summed E-state index contributed by atoms with van der Waals surface area (Å²) in [6.07, 6.45) is 0. The first-order chi connectivity index (χ1) is 13.9. The Morgan fingerprint density at radius 2 is 1.66 bits per heavy atom. The molecular weight excluding hydrogens is 408 g/mol. The third-order valence-electron chi connectivity index (χ3n) is 4.32. The van der Waals surface area contributed by atoms with Crippen LogP contribution in [-0.4, -0.2) is 20.9 Å². The first-order valence-corrected chi connectivity index (χ1v) is 10.8. The van der Waals surface area contributed by atoms with Crippen LogP contribution in [0.15, 0.2) is 83.8 Å². The molecule has 3 aromatic carbocycles. The fraction of sp³-hybridized carbons (Fsp3) is 0.136. The Hall–Kier alpha value is -2.83. The van der Waals surface area contributed by atoms with E-state index in [0.29, 0.717) is 10.7 Å². The van der Waals surface area contributed by atoms with Crippen LogP contribution in [0, 0.1) is 6.92 Å². The van der Waals surface area contributed by atoms with Gasteiger partial charge in [0.1, 0.15) is 6.54 Å². The van der Waals surface area contributed by atoms with E-state index in [2.05, 4.69) is 5.32 Å². The average Bonchev–Trinajstić information content (AvgIpc) is 2.71. The molecule has 0 aliphatic carbocycles. The third-order valence-corrected chi connectivity index (χ3v) is 6.34. The van der Waals surface area contributed by atoms with Crippen LogP contribution in [0.25, 0.3) is 0 Å². The van der Waals surface area contributed by atoms with Gasteiger partial charge in [0.15, 0.2) is 0 Å². The van der Waals surface area contributed by atoms with E-state index < -0.39 is 15.9 Å². The lowest BCUT2D eigenvalue weighted by atomic mass is 10.2. The zero-order chi connectivity index (χ0) is 20.9. The van der Waals surface area contributed by atoms with Crippen LogP contribution < -0.4 is 9.62 Å². The molecule has 0 saturated carbocycles. The summed E-state index contributed by atoms with van der Waals surface area (Å²) in [5, 5.41) is 3.33. The summed E-state index contributed by atoms with van der Waals surface area (Å²) in [5.74, 6) is -0.412. The number of hydrogen-bond acceptors (Lipinski definition) is 3. The Morgan fingerprint density at radius 1 is 0.966 bits per heavy atom. The molecule has 3 rings (SSSR count). The Morgan fingerprint density at radius 3 is 2.31 bits per heavy atom. The minimum absolute atomic E-state index is 0.134. The molecule has 29 heavy (non-hydrogen) atoms. The Kier molecular flexibility index (Phi) is 6.56. The van der Waals surface area contributed by atoms with Gasteiger partial charge in [-0.3, -0.25) is 9.10 Å². The van der Waals surface area contributed by atoms with Gasteiger partial charge in [-0.05, 0) is 48.9 Å². The number of aryl methyl sites for hydroxylation is 1. The molecule has 5 nitrogen and oxygen atoms in total. The number of nitrogens with one attached hydrogen (secondary N) is 1. The maximum Gasteiger partial charge on any atom is 0.264 e. The highest BCUT2D eigenvalue weighted by molar-refractivity contribution is 7.92.